The molecule has 0 radical (unpaired) electrons. The number of hydrogen-bond donors (Lipinski definition) is 1. The Balaban J connectivity index is 2.11. The van der Waals surface area contributed by atoms with Crippen LogP contribution in [0.25, 0.3) is 16.2 Å². The first-order valence-electron chi connectivity index (χ1n) is 5.68. The first-order valence-corrected chi connectivity index (χ1v) is 6.56. The van der Waals surface area contributed by atoms with E-state index in [0.29, 0.717) is 10.7 Å². The number of halogens is 2. The van der Waals surface area contributed by atoms with Crippen molar-refractivity contribution in [2.45, 2.75) is 6.42 Å². The topological polar surface area (TPSA) is 54.6 Å². The lowest BCUT2D eigenvalue weighted by Gasteiger charge is -1.99. The van der Waals surface area contributed by atoms with Crippen molar-refractivity contribution in [2.24, 2.45) is 0 Å². The number of aliphatic carboxylic acids is 1. The molecule has 4 nitrogen and oxygen atoms in total. The van der Waals surface area contributed by atoms with Gasteiger partial charge >= 0.3 is 5.97 Å². The van der Waals surface area contributed by atoms with Gasteiger partial charge in [0, 0.05) is 22.8 Å². The summed E-state index contributed by atoms with van der Waals surface area (Å²) in [5, 5.41) is 10.5. The van der Waals surface area contributed by atoms with Crippen molar-refractivity contribution in [1.82, 2.24) is 9.38 Å². The van der Waals surface area contributed by atoms with Crippen LogP contribution >= 0.6 is 11.3 Å². The SMILES string of the molecule is O=C(O)Cc1csc2nc(-c3cccc(F)c3F)cn12. The number of carboxylic acids is 1. The smallest absolute Gasteiger partial charge is 0.309 e. The third-order valence-electron chi connectivity index (χ3n) is 2.84. The van der Waals surface area contributed by atoms with Gasteiger partial charge in [0.2, 0.25) is 0 Å². The molecule has 2 aromatic heterocycles. The van der Waals surface area contributed by atoms with Gasteiger partial charge in [-0.15, -0.1) is 11.3 Å². The van der Waals surface area contributed by atoms with Crippen LogP contribution < -0.4 is 0 Å². The van der Waals surface area contributed by atoms with Crippen molar-refractivity contribution >= 4 is 22.3 Å². The predicted octanol–water partition coefficient (Wildman–Crippen LogP) is 2.97. The van der Waals surface area contributed by atoms with E-state index >= 15 is 0 Å². The highest BCUT2D eigenvalue weighted by Crippen LogP contribution is 2.26. The second-order valence-electron chi connectivity index (χ2n) is 4.18. The fraction of sp³-hybridized carbons (Fsp3) is 0.0769. The minimum Gasteiger partial charge on any atom is -0.481 e. The van der Waals surface area contributed by atoms with E-state index in [2.05, 4.69) is 4.98 Å². The Hall–Kier alpha value is -2.28. The maximum Gasteiger partial charge on any atom is 0.309 e. The molecule has 0 saturated heterocycles. The lowest BCUT2D eigenvalue weighted by atomic mass is 10.1. The molecule has 20 heavy (non-hydrogen) atoms. The van der Waals surface area contributed by atoms with Crippen molar-refractivity contribution in [3.63, 3.8) is 0 Å². The zero-order valence-corrected chi connectivity index (χ0v) is 10.8. The van der Waals surface area contributed by atoms with Crippen LogP contribution in [0.5, 0.6) is 0 Å². The first-order chi connectivity index (χ1) is 9.56. The van der Waals surface area contributed by atoms with Gasteiger partial charge < -0.3 is 5.11 Å². The molecule has 0 aliphatic carbocycles. The largest absolute Gasteiger partial charge is 0.481 e. The number of hydrogen-bond acceptors (Lipinski definition) is 3. The third-order valence-corrected chi connectivity index (χ3v) is 3.73. The lowest BCUT2D eigenvalue weighted by molar-refractivity contribution is -0.136. The molecule has 102 valence electrons. The molecule has 0 fully saturated rings. The van der Waals surface area contributed by atoms with Crippen molar-refractivity contribution < 1.29 is 18.7 Å². The quantitative estimate of drug-likeness (QED) is 0.808. The van der Waals surface area contributed by atoms with Gasteiger partial charge in [-0.3, -0.25) is 9.20 Å². The summed E-state index contributed by atoms with van der Waals surface area (Å²) in [5.41, 5.74) is 0.885. The highest BCUT2D eigenvalue weighted by Gasteiger charge is 2.15. The second-order valence-corrected chi connectivity index (χ2v) is 5.01. The molecule has 3 rings (SSSR count). The number of carbonyl (C=O) groups is 1. The number of carboxylic acid groups (broad SMARTS) is 1. The average molecular weight is 294 g/mol. The molecular weight excluding hydrogens is 286 g/mol. The maximum atomic E-state index is 13.7. The standard InChI is InChI=1S/C13H8F2N2O2S/c14-9-3-1-2-8(12(9)15)10-5-17-7(4-11(18)19)6-20-13(17)16-10/h1-3,5-6H,4H2,(H,18,19). The Morgan fingerprint density at radius 2 is 2.20 bits per heavy atom. The molecule has 7 heteroatoms. The number of benzene rings is 1. The molecule has 0 aliphatic heterocycles. The molecule has 0 amide bonds. The molecular formula is C13H8F2N2O2S. The normalized spacial score (nSPS) is 11.1. The van der Waals surface area contributed by atoms with Crippen LogP contribution in [0.4, 0.5) is 8.78 Å². The number of rotatable bonds is 3. The molecule has 0 bridgehead atoms. The number of imidazole rings is 1. The second kappa shape index (κ2) is 4.68. The van der Waals surface area contributed by atoms with E-state index in [4.69, 9.17) is 5.11 Å². The lowest BCUT2D eigenvalue weighted by Crippen LogP contribution is -2.02. The van der Waals surface area contributed by atoms with Gasteiger partial charge in [-0.25, -0.2) is 13.8 Å². The van der Waals surface area contributed by atoms with Gasteiger partial charge in [0.15, 0.2) is 16.6 Å². The Kier molecular flexibility index (Phi) is 2.98. The fourth-order valence-electron chi connectivity index (χ4n) is 1.94. The number of aromatic nitrogens is 2. The zero-order valence-electron chi connectivity index (χ0n) is 10.0. The highest BCUT2D eigenvalue weighted by atomic mass is 32.1. The summed E-state index contributed by atoms with van der Waals surface area (Å²) in [4.78, 5) is 15.5. The Morgan fingerprint density at radius 1 is 1.40 bits per heavy atom. The minimum absolute atomic E-state index is 0.0576. The van der Waals surface area contributed by atoms with Crippen molar-refractivity contribution in [1.29, 1.82) is 0 Å². The average Bonchev–Trinajstić information content (AvgIpc) is 2.94. The first kappa shape index (κ1) is 12.7. The van der Waals surface area contributed by atoms with Gasteiger partial charge in [0.25, 0.3) is 0 Å². The van der Waals surface area contributed by atoms with E-state index in [1.165, 1.54) is 29.7 Å². The van der Waals surface area contributed by atoms with Crippen molar-refractivity contribution in [3.05, 3.63) is 47.1 Å². The van der Waals surface area contributed by atoms with Crippen molar-refractivity contribution in [3.8, 4) is 11.3 Å². The van der Waals surface area contributed by atoms with E-state index < -0.39 is 17.6 Å². The van der Waals surface area contributed by atoms with Crippen LogP contribution in [-0.2, 0) is 11.2 Å². The Morgan fingerprint density at radius 3 is 2.95 bits per heavy atom. The van der Waals surface area contributed by atoms with Gasteiger partial charge in [-0.2, -0.15) is 0 Å². The molecule has 2 heterocycles. The summed E-state index contributed by atoms with van der Waals surface area (Å²) in [6.45, 7) is 0. The number of thiazole rings is 1. The molecule has 0 unspecified atom stereocenters. The molecule has 3 aromatic rings. The van der Waals surface area contributed by atoms with E-state index in [1.807, 2.05) is 0 Å². The van der Waals surface area contributed by atoms with E-state index in [-0.39, 0.29) is 17.7 Å². The molecule has 0 spiro atoms. The molecule has 0 aliphatic rings. The molecule has 1 N–H and O–H groups in total. The van der Waals surface area contributed by atoms with Crippen LogP contribution in [0.2, 0.25) is 0 Å². The Bertz CT molecular complexity index is 810. The molecule has 1 aromatic carbocycles. The van der Waals surface area contributed by atoms with Crippen molar-refractivity contribution in [2.75, 3.05) is 0 Å². The zero-order chi connectivity index (χ0) is 14.3. The van der Waals surface area contributed by atoms with Crippen LogP contribution in [0.3, 0.4) is 0 Å². The van der Waals surface area contributed by atoms with Crippen LogP contribution in [-0.4, -0.2) is 20.5 Å². The summed E-state index contributed by atoms with van der Waals surface area (Å²) in [5.74, 6) is -2.86. The number of nitrogens with zero attached hydrogens (tertiary/aromatic N) is 2. The third kappa shape index (κ3) is 2.05. The summed E-state index contributed by atoms with van der Waals surface area (Å²) in [7, 11) is 0. The monoisotopic (exact) mass is 294 g/mol. The minimum atomic E-state index is -0.961. The molecule has 0 saturated carbocycles. The predicted molar refractivity (Wildman–Crippen MR) is 69.8 cm³/mol. The summed E-state index contributed by atoms with van der Waals surface area (Å²) >= 11 is 1.25. The van der Waals surface area contributed by atoms with Gasteiger partial charge in [-0.05, 0) is 12.1 Å². The van der Waals surface area contributed by atoms with E-state index in [9.17, 15) is 13.6 Å². The summed E-state index contributed by atoms with van der Waals surface area (Å²) in [6.07, 6.45) is 1.36. The summed E-state index contributed by atoms with van der Waals surface area (Å²) in [6, 6.07) is 3.87. The van der Waals surface area contributed by atoms with Gasteiger partial charge in [0.05, 0.1) is 12.1 Å². The van der Waals surface area contributed by atoms with Gasteiger partial charge in [-0.1, -0.05) is 6.07 Å². The van der Waals surface area contributed by atoms with Gasteiger partial charge in [0.1, 0.15) is 0 Å². The van der Waals surface area contributed by atoms with Crippen LogP contribution in [0.1, 0.15) is 5.69 Å². The van der Waals surface area contributed by atoms with Crippen LogP contribution in [0, 0.1) is 11.6 Å². The van der Waals surface area contributed by atoms with E-state index in [1.54, 1.807) is 9.78 Å². The van der Waals surface area contributed by atoms with Crippen LogP contribution in [0.15, 0.2) is 29.8 Å². The Labute approximate surface area is 115 Å². The summed E-state index contributed by atoms with van der Waals surface area (Å²) < 4.78 is 28.5. The maximum absolute atomic E-state index is 13.7. The van der Waals surface area contributed by atoms with E-state index in [0.717, 1.165) is 6.07 Å². The fourth-order valence-corrected chi connectivity index (χ4v) is 2.82. The number of fused-ring (bicyclic) bond motifs is 1. The highest BCUT2D eigenvalue weighted by molar-refractivity contribution is 7.15. The molecule has 0 atom stereocenters.